The summed E-state index contributed by atoms with van der Waals surface area (Å²) in [6.45, 7) is 1.59. The van der Waals surface area contributed by atoms with Gasteiger partial charge in [-0.05, 0) is 30.7 Å². The zero-order chi connectivity index (χ0) is 18.2. The van der Waals surface area contributed by atoms with Crippen LogP contribution in [0.15, 0.2) is 59.1 Å². The monoisotopic (exact) mass is 406 g/mol. The van der Waals surface area contributed by atoms with Crippen LogP contribution in [0, 0.1) is 0 Å². The molecular weight excluding hydrogens is 388 g/mol. The van der Waals surface area contributed by atoms with Gasteiger partial charge in [-0.3, -0.25) is 20.4 Å². The lowest BCUT2D eigenvalue weighted by atomic mass is 10.1. The molecular formula is C18H19BrN2O4. The van der Waals surface area contributed by atoms with Crippen LogP contribution < -0.4 is 15.6 Å². The fraction of sp³-hybridized carbons (Fsp3) is 0.222. The Morgan fingerprint density at radius 1 is 1.00 bits per heavy atom. The van der Waals surface area contributed by atoms with Crippen LogP contribution in [0.5, 0.6) is 5.75 Å². The second-order valence-electron chi connectivity index (χ2n) is 5.22. The number of ether oxygens (including phenoxy) is 2. The molecule has 25 heavy (non-hydrogen) atoms. The number of methoxy groups -OCH3 is 1. The molecule has 0 aromatic heterocycles. The minimum atomic E-state index is -0.817. The number of halogens is 1. The first-order valence-electron chi connectivity index (χ1n) is 7.61. The molecule has 132 valence electrons. The summed E-state index contributed by atoms with van der Waals surface area (Å²) in [6, 6.07) is 16.1. The van der Waals surface area contributed by atoms with E-state index in [1.807, 2.05) is 12.1 Å². The maximum Gasteiger partial charge on any atom is 0.279 e. The highest BCUT2D eigenvalue weighted by molar-refractivity contribution is 9.10. The average molecular weight is 407 g/mol. The molecule has 2 rings (SSSR count). The molecule has 0 aliphatic carbocycles. The lowest BCUT2D eigenvalue weighted by Gasteiger charge is -2.18. The van der Waals surface area contributed by atoms with E-state index in [1.54, 1.807) is 49.4 Å². The Morgan fingerprint density at radius 2 is 1.68 bits per heavy atom. The van der Waals surface area contributed by atoms with Crippen LogP contribution in [0.1, 0.15) is 18.6 Å². The first-order valence-corrected chi connectivity index (χ1v) is 8.40. The van der Waals surface area contributed by atoms with E-state index in [1.165, 1.54) is 7.11 Å². The fourth-order valence-electron chi connectivity index (χ4n) is 2.11. The first kappa shape index (κ1) is 19.0. The molecule has 0 radical (unpaired) electrons. The molecule has 7 heteroatoms. The molecule has 6 nitrogen and oxygen atoms in total. The zero-order valence-electron chi connectivity index (χ0n) is 13.9. The number of carbonyl (C=O) groups excluding carboxylic acids is 2. The van der Waals surface area contributed by atoms with Crippen LogP contribution >= 0.6 is 15.9 Å². The summed E-state index contributed by atoms with van der Waals surface area (Å²) < 4.78 is 11.6. The van der Waals surface area contributed by atoms with Gasteiger partial charge in [0, 0.05) is 11.6 Å². The van der Waals surface area contributed by atoms with Crippen molar-refractivity contribution in [1.29, 1.82) is 0 Å². The Hall–Kier alpha value is -2.38. The predicted molar refractivity (Wildman–Crippen MR) is 96.7 cm³/mol. The quantitative estimate of drug-likeness (QED) is 0.723. The highest BCUT2D eigenvalue weighted by Gasteiger charge is 2.22. The van der Waals surface area contributed by atoms with Crippen molar-refractivity contribution in [1.82, 2.24) is 10.9 Å². The number of benzene rings is 2. The van der Waals surface area contributed by atoms with E-state index in [-0.39, 0.29) is 0 Å². The lowest BCUT2D eigenvalue weighted by molar-refractivity contribution is -0.137. The molecule has 0 fully saturated rings. The van der Waals surface area contributed by atoms with Crippen molar-refractivity contribution in [2.24, 2.45) is 0 Å². The maximum atomic E-state index is 12.2. The van der Waals surface area contributed by atoms with Crippen LogP contribution in [0.3, 0.4) is 0 Å². The van der Waals surface area contributed by atoms with Crippen molar-refractivity contribution < 1.29 is 19.1 Å². The maximum absolute atomic E-state index is 12.2. The summed E-state index contributed by atoms with van der Waals surface area (Å²) in [4.78, 5) is 24.3. The minimum absolute atomic E-state index is 0.475. The topological polar surface area (TPSA) is 76.7 Å². The van der Waals surface area contributed by atoms with E-state index < -0.39 is 24.0 Å². The summed E-state index contributed by atoms with van der Waals surface area (Å²) in [5.41, 5.74) is 5.39. The van der Waals surface area contributed by atoms with Gasteiger partial charge < -0.3 is 9.47 Å². The number of amides is 2. The summed E-state index contributed by atoms with van der Waals surface area (Å²) in [7, 11) is 1.43. The van der Waals surface area contributed by atoms with E-state index in [0.717, 1.165) is 4.47 Å². The van der Waals surface area contributed by atoms with Crippen molar-refractivity contribution in [2.75, 3.05) is 7.11 Å². The molecule has 0 saturated carbocycles. The molecule has 0 aliphatic heterocycles. The van der Waals surface area contributed by atoms with Crippen molar-refractivity contribution in [3.63, 3.8) is 0 Å². The third-order valence-electron chi connectivity index (χ3n) is 3.36. The van der Waals surface area contributed by atoms with E-state index >= 15 is 0 Å². The Morgan fingerprint density at radius 3 is 2.32 bits per heavy atom. The van der Waals surface area contributed by atoms with E-state index in [4.69, 9.17) is 9.47 Å². The van der Waals surface area contributed by atoms with E-state index in [0.29, 0.717) is 11.3 Å². The molecule has 0 spiro atoms. The van der Waals surface area contributed by atoms with Gasteiger partial charge in [-0.15, -0.1) is 0 Å². The Kier molecular flexibility index (Phi) is 6.97. The number of carbonyl (C=O) groups is 2. The largest absolute Gasteiger partial charge is 0.481 e. The molecule has 0 saturated heterocycles. The van der Waals surface area contributed by atoms with Gasteiger partial charge in [0.05, 0.1) is 0 Å². The first-order chi connectivity index (χ1) is 12.0. The van der Waals surface area contributed by atoms with Crippen molar-refractivity contribution in [3.8, 4) is 5.75 Å². The van der Waals surface area contributed by atoms with Crippen molar-refractivity contribution >= 4 is 27.7 Å². The van der Waals surface area contributed by atoms with Gasteiger partial charge in [-0.1, -0.05) is 52.3 Å². The fourth-order valence-corrected chi connectivity index (χ4v) is 2.49. The summed E-state index contributed by atoms with van der Waals surface area (Å²) in [5, 5.41) is 0. The van der Waals surface area contributed by atoms with Crippen LogP contribution in [0.25, 0.3) is 0 Å². The minimum Gasteiger partial charge on any atom is -0.481 e. The Balaban J connectivity index is 1.88. The van der Waals surface area contributed by atoms with Gasteiger partial charge in [-0.25, -0.2) is 0 Å². The molecule has 2 unspecified atom stereocenters. The van der Waals surface area contributed by atoms with Crippen molar-refractivity contribution in [2.45, 2.75) is 19.1 Å². The summed E-state index contributed by atoms with van der Waals surface area (Å²) in [5.74, 6) is -0.407. The molecule has 0 bridgehead atoms. The van der Waals surface area contributed by atoms with E-state index in [2.05, 4.69) is 26.8 Å². The number of hydrazine groups is 1. The molecule has 2 aromatic rings. The molecule has 2 aromatic carbocycles. The summed E-state index contributed by atoms with van der Waals surface area (Å²) in [6.07, 6.45) is -1.60. The standard InChI is InChI=1S/C18H19BrN2O4/c1-12(25-15-10-6-9-14(19)11-15)17(22)20-21-18(23)16(24-2)13-7-4-3-5-8-13/h3-12,16H,1-2H3,(H,20,22)(H,21,23). The van der Waals surface area contributed by atoms with E-state index in [9.17, 15) is 9.59 Å². The Bertz CT molecular complexity index is 724. The molecule has 2 atom stereocenters. The number of rotatable bonds is 6. The lowest BCUT2D eigenvalue weighted by Crippen LogP contribution is -2.48. The third-order valence-corrected chi connectivity index (χ3v) is 3.86. The van der Waals surface area contributed by atoms with Crippen LogP contribution in [0.4, 0.5) is 0 Å². The average Bonchev–Trinajstić information content (AvgIpc) is 2.61. The highest BCUT2D eigenvalue weighted by Crippen LogP contribution is 2.19. The predicted octanol–water partition coefficient (Wildman–Crippen LogP) is 2.75. The van der Waals surface area contributed by atoms with Gasteiger partial charge in [0.25, 0.3) is 11.8 Å². The number of nitrogens with one attached hydrogen (secondary N) is 2. The second-order valence-corrected chi connectivity index (χ2v) is 6.14. The summed E-state index contributed by atoms with van der Waals surface area (Å²) >= 11 is 3.33. The third kappa shape index (κ3) is 5.58. The van der Waals surface area contributed by atoms with Gasteiger partial charge in [0.15, 0.2) is 12.2 Å². The number of hydrogen-bond acceptors (Lipinski definition) is 4. The molecule has 2 N–H and O–H groups in total. The van der Waals surface area contributed by atoms with Gasteiger partial charge in [0.1, 0.15) is 5.75 Å². The highest BCUT2D eigenvalue weighted by atomic mass is 79.9. The molecule has 2 amide bonds. The molecule has 0 aliphatic rings. The number of hydrogen-bond donors (Lipinski definition) is 2. The zero-order valence-corrected chi connectivity index (χ0v) is 15.4. The van der Waals surface area contributed by atoms with Gasteiger partial charge in [-0.2, -0.15) is 0 Å². The second kappa shape index (κ2) is 9.19. The van der Waals surface area contributed by atoms with Crippen LogP contribution in [-0.2, 0) is 14.3 Å². The SMILES string of the molecule is COC(C(=O)NNC(=O)C(C)Oc1cccc(Br)c1)c1ccccc1. The normalized spacial score (nSPS) is 12.8. The smallest absolute Gasteiger partial charge is 0.279 e. The van der Waals surface area contributed by atoms with Crippen LogP contribution in [-0.4, -0.2) is 25.0 Å². The molecule has 0 heterocycles. The van der Waals surface area contributed by atoms with Crippen molar-refractivity contribution in [3.05, 3.63) is 64.6 Å². The van der Waals surface area contributed by atoms with Crippen LogP contribution in [0.2, 0.25) is 0 Å². The Labute approximate surface area is 154 Å². The van der Waals surface area contributed by atoms with Gasteiger partial charge >= 0.3 is 0 Å². The van der Waals surface area contributed by atoms with Gasteiger partial charge in [0.2, 0.25) is 0 Å².